The molecule has 1 N–H and O–H groups in total. The average Bonchev–Trinajstić information content (AvgIpc) is 3.41. The van der Waals surface area contributed by atoms with Crippen LogP contribution in [0, 0.1) is 6.92 Å². The largest absolute Gasteiger partial charge is 0.478 e. The van der Waals surface area contributed by atoms with Crippen molar-refractivity contribution in [2.24, 2.45) is 0 Å². The summed E-state index contributed by atoms with van der Waals surface area (Å²) < 4.78 is 7.05. The number of carboxylic acids is 1. The maximum atomic E-state index is 12.9. The number of likely N-dealkylation sites (tertiary alicyclic amines) is 1. The number of carboxylic acid groups (broad SMARTS) is 1. The summed E-state index contributed by atoms with van der Waals surface area (Å²) in [5.74, 6) is -0.238. The second-order valence-electron chi connectivity index (χ2n) is 6.58. The maximum absolute atomic E-state index is 12.9. The van der Waals surface area contributed by atoms with Crippen molar-refractivity contribution in [1.29, 1.82) is 0 Å². The molecule has 4 rings (SSSR count). The van der Waals surface area contributed by atoms with Gasteiger partial charge in [-0.15, -0.1) is 0 Å². The summed E-state index contributed by atoms with van der Waals surface area (Å²) in [4.78, 5) is 26.0. The highest BCUT2D eigenvalue weighted by molar-refractivity contribution is 5.95. The van der Waals surface area contributed by atoms with E-state index in [4.69, 9.17) is 9.52 Å². The van der Waals surface area contributed by atoms with Gasteiger partial charge in [-0.3, -0.25) is 4.79 Å². The number of aromatic carboxylic acids is 1. The van der Waals surface area contributed by atoms with Gasteiger partial charge in [-0.1, -0.05) is 0 Å². The molecule has 1 aliphatic heterocycles. The number of benzene rings is 1. The standard InChI is InChI=1S/C20H19N3O4/c1-13-16(20(25)26)12-21-23(13)15-8-6-14(7-9-15)19(24)22-10-2-4-17(22)18-5-3-11-27-18/h3,5-9,11-12,17H,2,4,10H2,1H3,(H,25,26). The first-order chi connectivity index (χ1) is 13.1. The van der Waals surface area contributed by atoms with Gasteiger partial charge in [0.2, 0.25) is 0 Å². The van der Waals surface area contributed by atoms with Crippen LogP contribution in [0.3, 0.4) is 0 Å². The Balaban J connectivity index is 1.57. The highest BCUT2D eigenvalue weighted by Gasteiger charge is 2.32. The van der Waals surface area contributed by atoms with E-state index < -0.39 is 5.97 Å². The smallest absolute Gasteiger partial charge is 0.339 e. The molecule has 7 heteroatoms. The normalized spacial score (nSPS) is 16.6. The van der Waals surface area contributed by atoms with Crippen molar-refractivity contribution in [2.45, 2.75) is 25.8 Å². The third kappa shape index (κ3) is 3.01. The van der Waals surface area contributed by atoms with E-state index in [1.165, 1.54) is 6.20 Å². The highest BCUT2D eigenvalue weighted by Crippen LogP contribution is 2.33. The van der Waals surface area contributed by atoms with E-state index in [0.717, 1.165) is 18.6 Å². The zero-order valence-corrected chi connectivity index (χ0v) is 14.8. The number of aromatic nitrogens is 2. The summed E-state index contributed by atoms with van der Waals surface area (Å²) >= 11 is 0. The number of carbonyl (C=O) groups is 2. The molecule has 1 aromatic carbocycles. The molecule has 1 atom stereocenters. The third-order valence-electron chi connectivity index (χ3n) is 4.98. The first-order valence-electron chi connectivity index (χ1n) is 8.79. The van der Waals surface area contributed by atoms with Crippen LogP contribution in [0.2, 0.25) is 0 Å². The molecule has 0 saturated carbocycles. The van der Waals surface area contributed by atoms with Crippen LogP contribution in [0.15, 0.2) is 53.3 Å². The molecular formula is C20H19N3O4. The van der Waals surface area contributed by atoms with E-state index in [9.17, 15) is 9.59 Å². The minimum absolute atomic E-state index is 0.0290. The van der Waals surface area contributed by atoms with Crippen LogP contribution < -0.4 is 0 Å². The predicted molar refractivity (Wildman–Crippen MR) is 97.0 cm³/mol. The van der Waals surface area contributed by atoms with E-state index >= 15 is 0 Å². The lowest BCUT2D eigenvalue weighted by Gasteiger charge is -2.23. The lowest BCUT2D eigenvalue weighted by Crippen LogP contribution is -2.30. The van der Waals surface area contributed by atoms with Gasteiger partial charge in [0.15, 0.2) is 0 Å². The third-order valence-corrected chi connectivity index (χ3v) is 4.98. The van der Waals surface area contributed by atoms with E-state index in [1.807, 2.05) is 17.0 Å². The van der Waals surface area contributed by atoms with Crippen molar-refractivity contribution in [3.8, 4) is 5.69 Å². The second kappa shape index (κ2) is 6.75. The van der Waals surface area contributed by atoms with Gasteiger partial charge in [0.05, 0.1) is 29.9 Å². The molecule has 1 fully saturated rings. The Morgan fingerprint density at radius 1 is 1.22 bits per heavy atom. The Morgan fingerprint density at radius 3 is 2.63 bits per heavy atom. The Kier molecular flexibility index (Phi) is 4.27. The number of hydrogen-bond donors (Lipinski definition) is 1. The second-order valence-corrected chi connectivity index (χ2v) is 6.58. The number of nitrogens with zero attached hydrogens (tertiary/aromatic N) is 3. The van der Waals surface area contributed by atoms with E-state index in [2.05, 4.69) is 5.10 Å². The molecule has 27 heavy (non-hydrogen) atoms. The number of furan rings is 1. The van der Waals surface area contributed by atoms with Crippen LogP contribution in [-0.2, 0) is 0 Å². The van der Waals surface area contributed by atoms with Crippen molar-refractivity contribution in [3.05, 3.63) is 71.4 Å². The highest BCUT2D eigenvalue weighted by atomic mass is 16.4. The Hall–Kier alpha value is -3.35. The van der Waals surface area contributed by atoms with Crippen LogP contribution in [0.25, 0.3) is 5.69 Å². The molecule has 7 nitrogen and oxygen atoms in total. The van der Waals surface area contributed by atoms with Gasteiger partial charge in [0, 0.05) is 12.1 Å². The summed E-state index contributed by atoms with van der Waals surface area (Å²) in [5, 5.41) is 13.3. The van der Waals surface area contributed by atoms with Gasteiger partial charge in [0.1, 0.15) is 11.3 Å². The van der Waals surface area contributed by atoms with Crippen LogP contribution >= 0.6 is 0 Å². The lowest BCUT2D eigenvalue weighted by atomic mass is 10.1. The molecule has 3 heterocycles. The molecule has 1 unspecified atom stereocenters. The molecule has 1 saturated heterocycles. The molecule has 0 spiro atoms. The molecule has 0 radical (unpaired) electrons. The first-order valence-corrected chi connectivity index (χ1v) is 8.79. The van der Waals surface area contributed by atoms with Gasteiger partial charge in [0.25, 0.3) is 5.91 Å². The number of amides is 1. The summed E-state index contributed by atoms with van der Waals surface area (Å²) in [6, 6.07) is 10.8. The zero-order chi connectivity index (χ0) is 19.0. The number of hydrogen-bond acceptors (Lipinski definition) is 4. The van der Waals surface area contributed by atoms with Gasteiger partial charge in [-0.2, -0.15) is 5.10 Å². The van der Waals surface area contributed by atoms with E-state index in [-0.39, 0.29) is 17.5 Å². The molecule has 1 amide bonds. The van der Waals surface area contributed by atoms with Crippen LogP contribution in [0.4, 0.5) is 0 Å². The molecule has 2 aromatic heterocycles. The van der Waals surface area contributed by atoms with Crippen molar-refractivity contribution in [1.82, 2.24) is 14.7 Å². The molecule has 0 aliphatic carbocycles. The average molecular weight is 365 g/mol. The fraction of sp³-hybridized carbons (Fsp3) is 0.250. The minimum Gasteiger partial charge on any atom is -0.478 e. The van der Waals surface area contributed by atoms with Crippen molar-refractivity contribution in [2.75, 3.05) is 6.54 Å². The van der Waals surface area contributed by atoms with Gasteiger partial charge < -0.3 is 14.4 Å². The molecule has 0 bridgehead atoms. The van der Waals surface area contributed by atoms with Crippen LogP contribution in [0.5, 0.6) is 0 Å². The molecule has 138 valence electrons. The maximum Gasteiger partial charge on any atom is 0.339 e. The van der Waals surface area contributed by atoms with Crippen molar-refractivity contribution < 1.29 is 19.1 Å². The van der Waals surface area contributed by atoms with Crippen molar-refractivity contribution in [3.63, 3.8) is 0 Å². The van der Waals surface area contributed by atoms with Gasteiger partial charge >= 0.3 is 5.97 Å². The van der Waals surface area contributed by atoms with E-state index in [1.54, 1.807) is 42.1 Å². The fourth-order valence-electron chi connectivity index (χ4n) is 3.58. The Morgan fingerprint density at radius 2 is 2.00 bits per heavy atom. The van der Waals surface area contributed by atoms with Crippen molar-refractivity contribution >= 4 is 11.9 Å². The number of rotatable bonds is 4. The SMILES string of the molecule is Cc1c(C(=O)O)cnn1-c1ccc(C(=O)N2CCCC2c2ccco2)cc1. The van der Waals surface area contributed by atoms with E-state index in [0.29, 0.717) is 23.5 Å². The monoisotopic (exact) mass is 365 g/mol. The lowest BCUT2D eigenvalue weighted by molar-refractivity contribution is 0.0693. The fourth-order valence-corrected chi connectivity index (χ4v) is 3.58. The molecule has 3 aromatic rings. The Labute approximate surface area is 155 Å². The van der Waals surface area contributed by atoms with Gasteiger partial charge in [-0.05, 0) is 56.2 Å². The molecular weight excluding hydrogens is 346 g/mol. The zero-order valence-electron chi connectivity index (χ0n) is 14.8. The minimum atomic E-state index is -1.01. The summed E-state index contributed by atoms with van der Waals surface area (Å²) in [6.45, 7) is 2.40. The van der Waals surface area contributed by atoms with Gasteiger partial charge in [-0.25, -0.2) is 9.48 Å². The topological polar surface area (TPSA) is 88.6 Å². The Bertz CT molecular complexity index is 973. The van der Waals surface area contributed by atoms with Crippen LogP contribution in [0.1, 0.15) is 51.1 Å². The quantitative estimate of drug-likeness (QED) is 0.765. The molecule has 1 aliphatic rings. The summed E-state index contributed by atoms with van der Waals surface area (Å²) in [7, 11) is 0. The van der Waals surface area contributed by atoms with Crippen LogP contribution in [-0.4, -0.2) is 38.2 Å². The predicted octanol–water partition coefficient (Wildman–Crippen LogP) is 3.45. The summed E-state index contributed by atoms with van der Waals surface area (Å²) in [5.41, 5.74) is 1.99. The number of carbonyl (C=O) groups excluding carboxylic acids is 1. The first kappa shape index (κ1) is 17.1. The summed E-state index contributed by atoms with van der Waals surface area (Å²) in [6.07, 6.45) is 4.79.